The summed E-state index contributed by atoms with van der Waals surface area (Å²) in [6, 6.07) is 4.86. The Morgan fingerprint density at radius 3 is 2.78 bits per heavy atom. The fourth-order valence-electron chi connectivity index (χ4n) is 3.12. The second-order valence-corrected chi connectivity index (χ2v) is 7.63. The standard InChI is InChI=1S/C15H21N3O3S.ClH/c1-16-22(20,21)12-6-5-11-7-9-18(14(11)10-12)15(19)13-4-2-3-8-17-13;/h5-6,10,13,16-17H,2-4,7-9H2,1H3;1H. The van der Waals surface area contributed by atoms with Crippen LogP contribution in [0.1, 0.15) is 24.8 Å². The first-order valence-corrected chi connectivity index (χ1v) is 9.12. The molecule has 1 aromatic carbocycles. The largest absolute Gasteiger partial charge is 0.310 e. The molecule has 128 valence electrons. The third-order valence-corrected chi connectivity index (χ3v) is 5.82. The molecule has 0 radical (unpaired) electrons. The number of anilines is 1. The van der Waals surface area contributed by atoms with Gasteiger partial charge in [-0.15, -0.1) is 12.4 Å². The SMILES string of the molecule is CNS(=O)(=O)c1ccc2c(c1)N(C(=O)C1CCCCN1)CC2.Cl. The van der Waals surface area contributed by atoms with Gasteiger partial charge in [0.05, 0.1) is 10.9 Å². The molecule has 3 rings (SSSR count). The number of hydrogen-bond acceptors (Lipinski definition) is 4. The van der Waals surface area contributed by atoms with E-state index in [2.05, 4.69) is 10.0 Å². The minimum Gasteiger partial charge on any atom is -0.310 e. The van der Waals surface area contributed by atoms with E-state index in [9.17, 15) is 13.2 Å². The second-order valence-electron chi connectivity index (χ2n) is 5.74. The molecular weight excluding hydrogens is 338 g/mol. The van der Waals surface area contributed by atoms with E-state index in [0.717, 1.165) is 43.5 Å². The van der Waals surface area contributed by atoms with Gasteiger partial charge in [-0.1, -0.05) is 12.5 Å². The number of sulfonamides is 1. The van der Waals surface area contributed by atoms with Crippen LogP contribution in [0.15, 0.2) is 23.1 Å². The Morgan fingerprint density at radius 1 is 1.35 bits per heavy atom. The summed E-state index contributed by atoms with van der Waals surface area (Å²) in [6.07, 6.45) is 3.77. The number of rotatable bonds is 3. The molecule has 23 heavy (non-hydrogen) atoms. The van der Waals surface area contributed by atoms with Crippen LogP contribution in [-0.2, 0) is 21.2 Å². The van der Waals surface area contributed by atoms with E-state index in [1.165, 1.54) is 7.05 Å². The predicted octanol–water partition coefficient (Wildman–Crippen LogP) is 1.05. The summed E-state index contributed by atoms with van der Waals surface area (Å²) in [5.41, 5.74) is 1.76. The minimum absolute atomic E-state index is 0. The van der Waals surface area contributed by atoms with Crippen molar-refractivity contribution in [3.8, 4) is 0 Å². The average molecular weight is 360 g/mol. The summed E-state index contributed by atoms with van der Waals surface area (Å²) in [5.74, 6) is 0.0532. The van der Waals surface area contributed by atoms with Crippen LogP contribution in [0.2, 0.25) is 0 Å². The van der Waals surface area contributed by atoms with Crippen LogP contribution in [0.3, 0.4) is 0 Å². The molecular formula is C15H22ClN3O3S. The Kier molecular flexibility index (Phi) is 5.67. The van der Waals surface area contributed by atoms with E-state index in [1.54, 1.807) is 23.1 Å². The number of benzene rings is 1. The first-order chi connectivity index (χ1) is 10.5. The van der Waals surface area contributed by atoms with Crippen LogP contribution in [0, 0.1) is 0 Å². The Morgan fingerprint density at radius 2 is 2.13 bits per heavy atom. The molecule has 1 unspecified atom stereocenters. The zero-order valence-electron chi connectivity index (χ0n) is 13.0. The van der Waals surface area contributed by atoms with Gasteiger partial charge in [0, 0.05) is 12.2 Å². The second kappa shape index (κ2) is 7.17. The van der Waals surface area contributed by atoms with E-state index in [1.807, 2.05) is 0 Å². The van der Waals surface area contributed by atoms with Crippen molar-refractivity contribution in [3.63, 3.8) is 0 Å². The molecule has 1 amide bonds. The van der Waals surface area contributed by atoms with Crippen molar-refractivity contribution in [1.82, 2.24) is 10.0 Å². The molecule has 0 aliphatic carbocycles. The highest BCUT2D eigenvalue weighted by Crippen LogP contribution is 2.31. The summed E-state index contributed by atoms with van der Waals surface area (Å²) >= 11 is 0. The summed E-state index contributed by atoms with van der Waals surface area (Å²) in [7, 11) is -2.11. The lowest BCUT2D eigenvalue weighted by Gasteiger charge is -2.27. The van der Waals surface area contributed by atoms with E-state index in [0.29, 0.717) is 6.54 Å². The molecule has 1 saturated heterocycles. The maximum atomic E-state index is 12.7. The molecule has 1 aromatic rings. The lowest BCUT2D eigenvalue weighted by atomic mass is 10.0. The van der Waals surface area contributed by atoms with Crippen molar-refractivity contribution in [2.45, 2.75) is 36.6 Å². The zero-order valence-corrected chi connectivity index (χ0v) is 14.7. The molecule has 6 nitrogen and oxygen atoms in total. The highest BCUT2D eigenvalue weighted by Gasteiger charge is 2.31. The number of carbonyl (C=O) groups excluding carboxylic acids is 1. The number of amides is 1. The molecule has 0 spiro atoms. The van der Waals surface area contributed by atoms with Gasteiger partial charge in [0.1, 0.15) is 0 Å². The van der Waals surface area contributed by atoms with Gasteiger partial charge in [-0.05, 0) is 50.6 Å². The number of hydrogen-bond donors (Lipinski definition) is 2. The molecule has 0 aromatic heterocycles. The monoisotopic (exact) mass is 359 g/mol. The predicted molar refractivity (Wildman–Crippen MR) is 91.6 cm³/mol. The smallest absolute Gasteiger partial charge is 0.244 e. The lowest BCUT2D eigenvalue weighted by Crippen LogP contribution is -2.48. The van der Waals surface area contributed by atoms with Crippen LogP contribution >= 0.6 is 12.4 Å². The number of nitrogens with one attached hydrogen (secondary N) is 2. The maximum absolute atomic E-state index is 12.7. The summed E-state index contributed by atoms with van der Waals surface area (Å²) in [5, 5.41) is 3.26. The molecule has 2 aliphatic heterocycles. The van der Waals surface area contributed by atoms with Crippen LogP contribution in [0.5, 0.6) is 0 Å². The third kappa shape index (κ3) is 3.52. The van der Waals surface area contributed by atoms with Crippen LogP contribution in [-0.4, -0.2) is 40.5 Å². The first kappa shape index (κ1) is 18.2. The van der Waals surface area contributed by atoms with Crippen molar-refractivity contribution in [1.29, 1.82) is 0 Å². The molecule has 1 atom stereocenters. The normalized spacial score (nSPS) is 20.7. The van der Waals surface area contributed by atoms with Gasteiger partial charge in [-0.2, -0.15) is 0 Å². The van der Waals surface area contributed by atoms with Crippen molar-refractivity contribution >= 4 is 34.0 Å². The molecule has 2 N–H and O–H groups in total. The molecule has 8 heteroatoms. The quantitative estimate of drug-likeness (QED) is 0.845. The molecule has 0 saturated carbocycles. The van der Waals surface area contributed by atoms with E-state index < -0.39 is 10.0 Å². The molecule has 0 bridgehead atoms. The zero-order chi connectivity index (χ0) is 15.7. The number of carbonyl (C=O) groups is 1. The van der Waals surface area contributed by atoms with Gasteiger partial charge in [-0.3, -0.25) is 4.79 Å². The number of piperidine rings is 1. The maximum Gasteiger partial charge on any atom is 0.244 e. The topological polar surface area (TPSA) is 78.5 Å². The Labute approximate surface area is 143 Å². The average Bonchev–Trinajstić information content (AvgIpc) is 2.98. The van der Waals surface area contributed by atoms with Crippen molar-refractivity contribution in [2.75, 3.05) is 25.0 Å². The Hall–Kier alpha value is -1.15. The molecule has 2 heterocycles. The summed E-state index contributed by atoms with van der Waals surface area (Å²) in [6.45, 7) is 1.49. The van der Waals surface area contributed by atoms with Crippen LogP contribution in [0.4, 0.5) is 5.69 Å². The van der Waals surface area contributed by atoms with Gasteiger partial charge in [-0.25, -0.2) is 13.1 Å². The Balaban J connectivity index is 0.00000192. The van der Waals surface area contributed by atoms with Crippen LogP contribution < -0.4 is 14.9 Å². The van der Waals surface area contributed by atoms with Crippen molar-refractivity contribution in [2.24, 2.45) is 0 Å². The number of halogens is 1. The van der Waals surface area contributed by atoms with Gasteiger partial charge in [0.2, 0.25) is 15.9 Å². The minimum atomic E-state index is -3.50. The summed E-state index contributed by atoms with van der Waals surface area (Å²) in [4.78, 5) is 14.6. The van der Waals surface area contributed by atoms with Crippen molar-refractivity contribution in [3.05, 3.63) is 23.8 Å². The van der Waals surface area contributed by atoms with Gasteiger partial charge < -0.3 is 10.2 Å². The number of fused-ring (bicyclic) bond motifs is 1. The summed E-state index contributed by atoms with van der Waals surface area (Å²) < 4.78 is 26.2. The highest BCUT2D eigenvalue weighted by atomic mass is 35.5. The molecule has 1 fully saturated rings. The molecule has 2 aliphatic rings. The first-order valence-electron chi connectivity index (χ1n) is 7.64. The van der Waals surface area contributed by atoms with Crippen LogP contribution in [0.25, 0.3) is 0 Å². The highest BCUT2D eigenvalue weighted by molar-refractivity contribution is 7.89. The Bertz CT molecular complexity index is 687. The number of nitrogens with zero attached hydrogens (tertiary/aromatic N) is 1. The van der Waals surface area contributed by atoms with Gasteiger partial charge in [0.25, 0.3) is 0 Å². The fourth-order valence-corrected chi connectivity index (χ4v) is 3.87. The van der Waals surface area contributed by atoms with E-state index in [4.69, 9.17) is 0 Å². The fraction of sp³-hybridized carbons (Fsp3) is 0.533. The van der Waals surface area contributed by atoms with Gasteiger partial charge >= 0.3 is 0 Å². The van der Waals surface area contributed by atoms with Gasteiger partial charge in [0.15, 0.2) is 0 Å². The van der Waals surface area contributed by atoms with Crippen molar-refractivity contribution < 1.29 is 13.2 Å². The van der Waals surface area contributed by atoms with E-state index in [-0.39, 0.29) is 29.3 Å². The lowest BCUT2D eigenvalue weighted by molar-refractivity contribution is -0.121. The van der Waals surface area contributed by atoms with E-state index >= 15 is 0 Å². The third-order valence-electron chi connectivity index (χ3n) is 4.41.